The van der Waals surface area contributed by atoms with Crippen LogP contribution in [0.25, 0.3) is 0 Å². The molecule has 1 saturated heterocycles. The Balaban J connectivity index is 1.49. The van der Waals surface area contributed by atoms with Gasteiger partial charge in [0.15, 0.2) is 0 Å². The van der Waals surface area contributed by atoms with Gasteiger partial charge < -0.3 is 15.5 Å². The third kappa shape index (κ3) is 7.03. The number of carbonyl (C=O) groups is 3. The Morgan fingerprint density at radius 3 is 2.22 bits per heavy atom. The highest BCUT2D eigenvalue weighted by Crippen LogP contribution is 2.21. The number of hydrogen-bond acceptors (Lipinski definition) is 4. The third-order valence-corrected chi connectivity index (χ3v) is 5.50. The molecule has 0 spiro atoms. The molecular weight excluding hydrogens is 435 g/mol. The van der Waals surface area contributed by atoms with E-state index in [9.17, 15) is 18.8 Å². The molecule has 0 radical (unpaired) electrons. The highest BCUT2D eigenvalue weighted by atomic mass is 35.5. The Labute approximate surface area is 191 Å². The van der Waals surface area contributed by atoms with E-state index in [-0.39, 0.29) is 36.5 Å². The third-order valence-electron chi connectivity index (χ3n) is 5.25. The summed E-state index contributed by atoms with van der Waals surface area (Å²) in [5.74, 6) is -0.825. The molecule has 2 aromatic carbocycles. The molecule has 0 aliphatic carbocycles. The van der Waals surface area contributed by atoms with Crippen LogP contribution in [0.3, 0.4) is 0 Å². The van der Waals surface area contributed by atoms with Gasteiger partial charge in [0, 0.05) is 43.8 Å². The van der Waals surface area contributed by atoms with Crippen LogP contribution in [0.5, 0.6) is 0 Å². The van der Waals surface area contributed by atoms with Crippen molar-refractivity contribution in [1.29, 1.82) is 0 Å². The molecule has 7 nitrogen and oxygen atoms in total. The lowest BCUT2D eigenvalue weighted by molar-refractivity contribution is -0.133. The average Bonchev–Trinajstić information content (AvgIpc) is 2.75. The van der Waals surface area contributed by atoms with E-state index in [0.29, 0.717) is 36.9 Å². The summed E-state index contributed by atoms with van der Waals surface area (Å²) in [6, 6.07) is 12.2. The maximum Gasteiger partial charge on any atom is 0.238 e. The molecule has 1 heterocycles. The molecule has 1 atom stereocenters. The van der Waals surface area contributed by atoms with E-state index in [1.807, 2.05) is 4.90 Å². The summed E-state index contributed by atoms with van der Waals surface area (Å²) in [6.45, 7) is 3.73. The number of nitrogens with one attached hydrogen (secondary N) is 2. The number of halogens is 2. The number of benzene rings is 2. The summed E-state index contributed by atoms with van der Waals surface area (Å²) < 4.78 is 13.0. The summed E-state index contributed by atoms with van der Waals surface area (Å²) in [5, 5.41) is 6.15. The standard InChI is InChI=1S/C23H26ClFN4O3/c1-16(30)26-21(17-2-4-18(24)5-3-17)14-23(32)29-12-10-28(11-13-29)15-22(31)27-20-8-6-19(25)7-9-20/h2-9,21H,10-15H2,1H3,(H,26,30)(H,27,31). The van der Waals surface area contributed by atoms with Crippen LogP contribution in [0.2, 0.25) is 5.02 Å². The highest BCUT2D eigenvalue weighted by Gasteiger charge is 2.25. The van der Waals surface area contributed by atoms with Crippen molar-refractivity contribution in [2.24, 2.45) is 0 Å². The fraction of sp³-hybridized carbons (Fsp3) is 0.348. The number of carbonyl (C=O) groups excluding carboxylic acids is 3. The minimum Gasteiger partial charge on any atom is -0.349 e. The van der Waals surface area contributed by atoms with Crippen LogP contribution in [0.1, 0.15) is 24.9 Å². The topological polar surface area (TPSA) is 81.8 Å². The second-order valence-corrected chi connectivity index (χ2v) is 8.16. The van der Waals surface area contributed by atoms with E-state index in [2.05, 4.69) is 10.6 Å². The lowest BCUT2D eigenvalue weighted by Crippen LogP contribution is -2.51. The molecule has 1 aliphatic heterocycles. The molecule has 3 amide bonds. The van der Waals surface area contributed by atoms with Gasteiger partial charge >= 0.3 is 0 Å². The Bertz CT molecular complexity index is 945. The monoisotopic (exact) mass is 460 g/mol. The molecule has 1 unspecified atom stereocenters. The lowest BCUT2D eigenvalue weighted by atomic mass is 10.0. The fourth-order valence-electron chi connectivity index (χ4n) is 3.59. The molecule has 0 bridgehead atoms. The molecule has 9 heteroatoms. The zero-order valence-corrected chi connectivity index (χ0v) is 18.6. The van der Waals surface area contributed by atoms with Crippen molar-refractivity contribution < 1.29 is 18.8 Å². The molecule has 1 aliphatic rings. The molecule has 170 valence electrons. The first-order valence-electron chi connectivity index (χ1n) is 10.4. The van der Waals surface area contributed by atoms with E-state index >= 15 is 0 Å². The quantitative estimate of drug-likeness (QED) is 0.665. The predicted octanol–water partition coefficient (Wildman–Crippen LogP) is 2.83. The van der Waals surface area contributed by atoms with Gasteiger partial charge in [0.05, 0.1) is 19.0 Å². The van der Waals surface area contributed by atoms with Crippen LogP contribution in [0.4, 0.5) is 10.1 Å². The van der Waals surface area contributed by atoms with Gasteiger partial charge in [-0.15, -0.1) is 0 Å². The normalized spacial score (nSPS) is 15.2. The van der Waals surface area contributed by atoms with Crippen molar-refractivity contribution in [2.75, 3.05) is 38.0 Å². The van der Waals surface area contributed by atoms with Crippen LogP contribution in [-0.4, -0.2) is 60.2 Å². The Morgan fingerprint density at radius 2 is 1.62 bits per heavy atom. The van der Waals surface area contributed by atoms with Gasteiger partial charge in [-0.3, -0.25) is 19.3 Å². The minimum absolute atomic E-state index is 0.0610. The van der Waals surface area contributed by atoms with E-state index in [4.69, 9.17) is 11.6 Å². The van der Waals surface area contributed by atoms with Crippen molar-refractivity contribution in [2.45, 2.75) is 19.4 Å². The largest absolute Gasteiger partial charge is 0.349 e. The molecule has 0 saturated carbocycles. The van der Waals surface area contributed by atoms with Crippen LogP contribution in [-0.2, 0) is 14.4 Å². The second kappa shape index (κ2) is 11.1. The molecule has 32 heavy (non-hydrogen) atoms. The Morgan fingerprint density at radius 1 is 1.00 bits per heavy atom. The fourth-order valence-corrected chi connectivity index (χ4v) is 3.71. The summed E-state index contributed by atoms with van der Waals surface area (Å²) in [5.41, 5.74) is 1.35. The van der Waals surface area contributed by atoms with Gasteiger partial charge in [0.1, 0.15) is 5.82 Å². The Hall–Kier alpha value is -2.97. The van der Waals surface area contributed by atoms with Crippen molar-refractivity contribution >= 4 is 35.0 Å². The number of anilines is 1. The van der Waals surface area contributed by atoms with Crippen LogP contribution in [0, 0.1) is 5.82 Å². The number of piperazine rings is 1. The number of amides is 3. The zero-order chi connectivity index (χ0) is 23.1. The van der Waals surface area contributed by atoms with Gasteiger partial charge in [-0.25, -0.2) is 4.39 Å². The first-order valence-corrected chi connectivity index (χ1v) is 10.8. The highest BCUT2D eigenvalue weighted by molar-refractivity contribution is 6.30. The summed E-state index contributed by atoms with van der Waals surface area (Å²) in [6.07, 6.45) is 0.145. The predicted molar refractivity (Wildman–Crippen MR) is 121 cm³/mol. The van der Waals surface area contributed by atoms with E-state index in [1.54, 1.807) is 29.2 Å². The zero-order valence-electron chi connectivity index (χ0n) is 17.8. The molecule has 3 rings (SSSR count). The molecule has 2 aromatic rings. The summed E-state index contributed by atoms with van der Waals surface area (Å²) in [4.78, 5) is 40.4. The average molecular weight is 461 g/mol. The first-order chi connectivity index (χ1) is 15.3. The first kappa shape index (κ1) is 23.7. The van der Waals surface area contributed by atoms with Gasteiger partial charge in [0.25, 0.3) is 0 Å². The molecular formula is C23H26ClFN4O3. The van der Waals surface area contributed by atoms with Gasteiger partial charge in [-0.05, 0) is 42.0 Å². The second-order valence-electron chi connectivity index (χ2n) is 7.72. The lowest BCUT2D eigenvalue weighted by Gasteiger charge is -2.35. The SMILES string of the molecule is CC(=O)NC(CC(=O)N1CCN(CC(=O)Nc2ccc(F)cc2)CC1)c1ccc(Cl)cc1. The number of nitrogens with zero attached hydrogens (tertiary/aromatic N) is 2. The van der Waals surface area contributed by atoms with Crippen LogP contribution in [0.15, 0.2) is 48.5 Å². The summed E-state index contributed by atoms with van der Waals surface area (Å²) in [7, 11) is 0. The maximum atomic E-state index is 13.0. The van der Waals surface area contributed by atoms with E-state index in [0.717, 1.165) is 5.56 Å². The Kier molecular flexibility index (Phi) is 8.19. The van der Waals surface area contributed by atoms with Crippen molar-refractivity contribution in [3.8, 4) is 0 Å². The minimum atomic E-state index is -0.434. The van der Waals surface area contributed by atoms with Gasteiger partial charge in [-0.1, -0.05) is 23.7 Å². The number of rotatable bonds is 7. The molecule has 2 N–H and O–H groups in total. The van der Waals surface area contributed by atoms with Crippen LogP contribution < -0.4 is 10.6 Å². The van der Waals surface area contributed by atoms with Crippen molar-refractivity contribution in [1.82, 2.24) is 15.1 Å². The van der Waals surface area contributed by atoms with E-state index < -0.39 is 6.04 Å². The van der Waals surface area contributed by atoms with E-state index in [1.165, 1.54) is 31.2 Å². The van der Waals surface area contributed by atoms with Crippen LogP contribution >= 0.6 is 11.6 Å². The molecule has 1 fully saturated rings. The smallest absolute Gasteiger partial charge is 0.238 e. The maximum absolute atomic E-state index is 13.0. The van der Waals surface area contributed by atoms with Gasteiger partial charge in [0.2, 0.25) is 17.7 Å². The molecule has 0 aromatic heterocycles. The van der Waals surface area contributed by atoms with Gasteiger partial charge in [-0.2, -0.15) is 0 Å². The summed E-state index contributed by atoms with van der Waals surface area (Å²) >= 11 is 5.94. The van der Waals surface area contributed by atoms with Crippen molar-refractivity contribution in [3.05, 3.63) is 64.9 Å². The van der Waals surface area contributed by atoms with Crippen molar-refractivity contribution in [3.63, 3.8) is 0 Å². The number of hydrogen-bond donors (Lipinski definition) is 2.